The fourth-order valence-corrected chi connectivity index (χ4v) is 4.49. The zero-order chi connectivity index (χ0) is 14.0. The van der Waals surface area contributed by atoms with Gasteiger partial charge in [-0.15, -0.1) is 12.4 Å². The number of rotatable bonds is 4. The summed E-state index contributed by atoms with van der Waals surface area (Å²) in [6.45, 7) is 3.76. The Hall–Kier alpha value is -0.330. The van der Waals surface area contributed by atoms with Crippen molar-refractivity contribution in [2.45, 2.75) is 18.2 Å². The van der Waals surface area contributed by atoms with Gasteiger partial charge in [-0.2, -0.15) is 4.31 Å². The highest BCUT2D eigenvalue weighted by Gasteiger charge is 2.33. The van der Waals surface area contributed by atoms with Crippen molar-refractivity contribution in [3.8, 4) is 0 Å². The van der Waals surface area contributed by atoms with Crippen LogP contribution in [0.25, 0.3) is 0 Å². The fraction of sp³-hybridized carbons (Fsp3) is 0.538. The molecule has 20 heavy (non-hydrogen) atoms. The smallest absolute Gasteiger partial charge is 0.243 e. The van der Waals surface area contributed by atoms with Crippen molar-refractivity contribution >= 4 is 34.0 Å². The van der Waals surface area contributed by atoms with Gasteiger partial charge in [0.2, 0.25) is 10.0 Å². The largest absolute Gasteiger partial charge is 0.319 e. The Bertz CT molecular complexity index is 563. The molecule has 0 aromatic heterocycles. The summed E-state index contributed by atoms with van der Waals surface area (Å²) in [4.78, 5) is 0.324. The van der Waals surface area contributed by atoms with Gasteiger partial charge in [-0.1, -0.05) is 17.7 Å². The standard InChI is InChI=1S/C13H19ClN2O2S.ClH/c1-10-12(14)4-3-5-13(10)19(17,18)16-7-6-11(9-16)8-15-2;/h3-5,11,15H,6-9H2,1-2H3;1H. The summed E-state index contributed by atoms with van der Waals surface area (Å²) in [7, 11) is -1.53. The first-order chi connectivity index (χ1) is 8.96. The van der Waals surface area contributed by atoms with Gasteiger partial charge in [-0.05, 0) is 50.6 Å². The molecule has 0 saturated carbocycles. The van der Waals surface area contributed by atoms with E-state index in [0.717, 1.165) is 13.0 Å². The molecule has 0 radical (unpaired) electrons. The Balaban J connectivity index is 0.00000200. The number of nitrogens with one attached hydrogen (secondary N) is 1. The molecule has 1 unspecified atom stereocenters. The number of sulfonamides is 1. The third-order valence-corrected chi connectivity index (χ3v) is 6.00. The molecular weight excluding hydrogens is 319 g/mol. The van der Waals surface area contributed by atoms with Gasteiger partial charge in [0.25, 0.3) is 0 Å². The zero-order valence-electron chi connectivity index (χ0n) is 11.6. The summed E-state index contributed by atoms with van der Waals surface area (Å²) in [5.74, 6) is 0.388. The minimum absolute atomic E-state index is 0. The molecule has 0 bridgehead atoms. The highest BCUT2D eigenvalue weighted by Crippen LogP contribution is 2.28. The van der Waals surface area contributed by atoms with E-state index in [9.17, 15) is 8.42 Å². The summed E-state index contributed by atoms with van der Waals surface area (Å²) in [5.41, 5.74) is 0.626. The lowest BCUT2D eigenvalue weighted by Gasteiger charge is -2.18. The van der Waals surface area contributed by atoms with E-state index in [1.807, 2.05) is 7.05 Å². The van der Waals surface area contributed by atoms with Gasteiger partial charge in [-0.25, -0.2) is 8.42 Å². The number of hydrogen-bond acceptors (Lipinski definition) is 3. The Kier molecular flexibility index (Phi) is 6.28. The van der Waals surface area contributed by atoms with Gasteiger partial charge >= 0.3 is 0 Å². The quantitative estimate of drug-likeness (QED) is 0.916. The van der Waals surface area contributed by atoms with Crippen LogP contribution in [0, 0.1) is 12.8 Å². The van der Waals surface area contributed by atoms with Crippen LogP contribution in [0.2, 0.25) is 5.02 Å². The average Bonchev–Trinajstić information content (AvgIpc) is 2.82. The molecule has 1 atom stereocenters. The van der Waals surface area contributed by atoms with Gasteiger partial charge in [0.15, 0.2) is 0 Å². The van der Waals surface area contributed by atoms with Crippen LogP contribution in [-0.2, 0) is 10.0 Å². The zero-order valence-corrected chi connectivity index (χ0v) is 14.0. The second-order valence-corrected chi connectivity index (χ2v) is 7.25. The highest BCUT2D eigenvalue weighted by atomic mass is 35.5. The Morgan fingerprint density at radius 1 is 1.45 bits per heavy atom. The van der Waals surface area contributed by atoms with Crippen LogP contribution in [0.4, 0.5) is 0 Å². The summed E-state index contributed by atoms with van der Waals surface area (Å²) in [5, 5.41) is 3.59. The van der Waals surface area contributed by atoms with Crippen LogP contribution in [0.3, 0.4) is 0 Å². The minimum Gasteiger partial charge on any atom is -0.319 e. The van der Waals surface area contributed by atoms with E-state index in [1.54, 1.807) is 29.4 Å². The number of benzene rings is 1. The molecule has 1 aromatic rings. The molecular formula is C13H20Cl2N2O2S. The minimum atomic E-state index is -3.42. The molecule has 0 spiro atoms. The van der Waals surface area contributed by atoms with Gasteiger partial charge in [-0.3, -0.25) is 0 Å². The van der Waals surface area contributed by atoms with Crippen molar-refractivity contribution in [2.75, 3.05) is 26.7 Å². The van der Waals surface area contributed by atoms with Crippen molar-refractivity contribution in [2.24, 2.45) is 5.92 Å². The molecule has 0 amide bonds. The highest BCUT2D eigenvalue weighted by molar-refractivity contribution is 7.89. The lowest BCUT2D eigenvalue weighted by molar-refractivity contribution is 0.451. The molecule has 114 valence electrons. The number of nitrogens with zero attached hydrogens (tertiary/aromatic N) is 1. The molecule has 1 saturated heterocycles. The molecule has 1 N–H and O–H groups in total. The number of hydrogen-bond donors (Lipinski definition) is 1. The van der Waals surface area contributed by atoms with Crippen molar-refractivity contribution < 1.29 is 8.42 Å². The van der Waals surface area contributed by atoms with Crippen molar-refractivity contribution in [3.63, 3.8) is 0 Å². The van der Waals surface area contributed by atoms with Crippen LogP contribution < -0.4 is 5.32 Å². The Labute approximate surface area is 132 Å². The third-order valence-electron chi connectivity index (χ3n) is 3.58. The van der Waals surface area contributed by atoms with E-state index < -0.39 is 10.0 Å². The molecule has 1 fully saturated rings. The maximum atomic E-state index is 12.6. The summed E-state index contributed by atoms with van der Waals surface area (Å²) >= 11 is 6.01. The lowest BCUT2D eigenvalue weighted by Crippen LogP contribution is -2.31. The van der Waals surface area contributed by atoms with E-state index in [1.165, 1.54) is 0 Å². The predicted octanol–water partition coefficient (Wildman–Crippen LogP) is 2.30. The maximum Gasteiger partial charge on any atom is 0.243 e. The SMILES string of the molecule is CNCC1CCN(S(=O)(=O)c2cccc(Cl)c2C)C1.Cl. The van der Waals surface area contributed by atoms with Crippen molar-refractivity contribution in [3.05, 3.63) is 28.8 Å². The monoisotopic (exact) mass is 338 g/mol. The molecule has 7 heteroatoms. The summed E-state index contributed by atoms with van der Waals surface area (Å²) in [6, 6.07) is 5.02. The van der Waals surface area contributed by atoms with Crippen LogP contribution >= 0.6 is 24.0 Å². The lowest BCUT2D eigenvalue weighted by atomic mass is 10.1. The third kappa shape index (κ3) is 3.46. The predicted molar refractivity (Wildman–Crippen MR) is 84.2 cm³/mol. The topological polar surface area (TPSA) is 49.4 Å². The second kappa shape index (κ2) is 7.09. The van der Waals surface area contributed by atoms with E-state index in [4.69, 9.17) is 11.6 Å². The first-order valence-electron chi connectivity index (χ1n) is 6.36. The van der Waals surface area contributed by atoms with Gasteiger partial charge in [0.1, 0.15) is 0 Å². The van der Waals surface area contributed by atoms with E-state index in [2.05, 4.69) is 5.32 Å². The van der Waals surface area contributed by atoms with Gasteiger partial charge < -0.3 is 5.32 Å². The maximum absolute atomic E-state index is 12.6. The molecule has 1 aliphatic rings. The van der Waals surface area contributed by atoms with E-state index in [0.29, 0.717) is 34.5 Å². The molecule has 4 nitrogen and oxygen atoms in total. The van der Waals surface area contributed by atoms with Gasteiger partial charge in [0, 0.05) is 18.1 Å². The fourth-order valence-electron chi connectivity index (χ4n) is 2.48. The van der Waals surface area contributed by atoms with E-state index >= 15 is 0 Å². The average molecular weight is 339 g/mol. The van der Waals surface area contributed by atoms with E-state index in [-0.39, 0.29) is 12.4 Å². The normalized spacial score (nSPS) is 19.9. The molecule has 1 aromatic carbocycles. The first-order valence-corrected chi connectivity index (χ1v) is 8.18. The first kappa shape index (κ1) is 17.7. The van der Waals surface area contributed by atoms with Crippen LogP contribution in [-0.4, -0.2) is 39.4 Å². The summed E-state index contributed by atoms with van der Waals surface area (Å²) in [6.07, 6.45) is 0.902. The van der Waals surface area contributed by atoms with Crippen LogP contribution in [0.1, 0.15) is 12.0 Å². The van der Waals surface area contributed by atoms with Crippen LogP contribution in [0.15, 0.2) is 23.1 Å². The summed E-state index contributed by atoms with van der Waals surface area (Å²) < 4.78 is 26.8. The second-order valence-electron chi connectivity index (χ2n) is 4.94. The molecule has 2 rings (SSSR count). The van der Waals surface area contributed by atoms with Crippen molar-refractivity contribution in [1.82, 2.24) is 9.62 Å². The van der Waals surface area contributed by atoms with Gasteiger partial charge in [0.05, 0.1) is 4.90 Å². The number of halogens is 2. The molecule has 0 aliphatic carbocycles. The van der Waals surface area contributed by atoms with Crippen molar-refractivity contribution in [1.29, 1.82) is 0 Å². The Morgan fingerprint density at radius 3 is 2.80 bits per heavy atom. The molecule has 1 aliphatic heterocycles. The Morgan fingerprint density at radius 2 is 2.15 bits per heavy atom. The van der Waals surface area contributed by atoms with Crippen LogP contribution in [0.5, 0.6) is 0 Å². The molecule has 1 heterocycles.